The van der Waals surface area contributed by atoms with Gasteiger partial charge in [0.15, 0.2) is 0 Å². The fraction of sp³-hybridized carbons (Fsp3) is 0.316. The minimum atomic E-state index is -0.417. The van der Waals surface area contributed by atoms with Crippen LogP contribution in [0.25, 0.3) is 0 Å². The number of aryl methyl sites for hydroxylation is 2. The zero-order chi connectivity index (χ0) is 16.4. The lowest BCUT2D eigenvalue weighted by molar-refractivity contribution is 0.0938. The van der Waals surface area contributed by atoms with Crippen LogP contribution < -0.4 is 5.32 Å². The van der Waals surface area contributed by atoms with Gasteiger partial charge in [-0.2, -0.15) is 0 Å². The SMILES string of the molecule is CC(NC(=O)c1cc(F)ccc1Br)c1ccc2c(c1)CCCC2. The largest absolute Gasteiger partial charge is 0.345 e. The topological polar surface area (TPSA) is 29.1 Å². The second-order valence-electron chi connectivity index (χ2n) is 6.05. The number of hydrogen-bond acceptors (Lipinski definition) is 1. The van der Waals surface area contributed by atoms with Crippen LogP contribution in [0, 0.1) is 5.82 Å². The molecule has 0 aliphatic heterocycles. The summed E-state index contributed by atoms with van der Waals surface area (Å²) in [4.78, 5) is 12.4. The predicted molar refractivity (Wildman–Crippen MR) is 93.1 cm³/mol. The molecule has 1 unspecified atom stereocenters. The Morgan fingerprint density at radius 1 is 1.13 bits per heavy atom. The first-order valence-corrected chi connectivity index (χ1v) is 8.71. The Morgan fingerprint density at radius 3 is 2.65 bits per heavy atom. The van der Waals surface area contributed by atoms with E-state index in [4.69, 9.17) is 0 Å². The van der Waals surface area contributed by atoms with Crippen LogP contribution in [-0.4, -0.2) is 5.91 Å². The van der Waals surface area contributed by atoms with Crippen molar-refractivity contribution in [2.24, 2.45) is 0 Å². The van der Waals surface area contributed by atoms with Gasteiger partial charge >= 0.3 is 0 Å². The van der Waals surface area contributed by atoms with Gasteiger partial charge in [0.1, 0.15) is 5.82 Å². The highest BCUT2D eigenvalue weighted by molar-refractivity contribution is 9.10. The Balaban J connectivity index is 1.77. The monoisotopic (exact) mass is 375 g/mol. The summed E-state index contributed by atoms with van der Waals surface area (Å²) in [7, 11) is 0. The van der Waals surface area contributed by atoms with Crippen LogP contribution in [0.2, 0.25) is 0 Å². The van der Waals surface area contributed by atoms with E-state index in [9.17, 15) is 9.18 Å². The third kappa shape index (κ3) is 3.63. The van der Waals surface area contributed by atoms with Crippen molar-refractivity contribution in [1.29, 1.82) is 0 Å². The normalized spacial score (nSPS) is 14.9. The van der Waals surface area contributed by atoms with E-state index in [-0.39, 0.29) is 11.9 Å². The Morgan fingerprint density at radius 2 is 1.87 bits per heavy atom. The summed E-state index contributed by atoms with van der Waals surface area (Å²) in [6, 6.07) is 10.4. The number of carbonyl (C=O) groups excluding carboxylic acids is 1. The number of fused-ring (bicyclic) bond motifs is 1. The molecule has 0 spiro atoms. The highest BCUT2D eigenvalue weighted by Gasteiger charge is 2.16. The van der Waals surface area contributed by atoms with Crippen molar-refractivity contribution in [2.75, 3.05) is 0 Å². The third-order valence-corrected chi connectivity index (χ3v) is 5.08. The van der Waals surface area contributed by atoms with E-state index in [1.165, 1.54) is 36.1 Å². The minimum Gasteiger partial charge on any atom is -0.345 e. The molecule has 4 heteroatoms. The number of amides is 1. The predicted octanol–water partition coefficient (Wildman–Crippen LogP) is 4.96. The Hall–Kier alpha value is -1.68. The first kappa shape index (κ1) is 16.2. The molecule has 1 N–H and O–H groups in total. The maximum atomic E-state index is 13.4. The summed E-state index contributed by atoms with van der Waals surface area (Å²) in [5.41, 5.74) is 4.22. The molecule has 120 valence electrons. The van der Waals surface area contributed by atoms with Gasteiger partial charge < -0.3 is 5.32 Å². The van der Waals surface area contributed by atoms with E-state index < -0.39 is 5.82 Å². The summed E-state index contributed by atoms with van der Waals surface area (Å²) in [6.07, 6.45) is 4.74. The molecule has 0 saturated heterocycles. The Labute approximate surface area is 144 Å². The molecule has 0 fully saturated rings. The minimum absolute atomic E-state index is 0.120. The van der Waals surface area contributed by atoms with Gasteiger partial charge in [-0.15, -0.1) is 0 Å². The summed E-state index contributed by atoms with van der Waals surface area (Å²) >= 11 is 3.30. The van der Waals surface area contributed by atoms with E-state index in [1.54, 1.807) is 6.07 Å². The number of hydrogen-bond donors (Lipinski definition) is 1. The molecule has 0 heterocycles. The quantitative estimate of drug-likeness (QED) is 0.806. The van der Waals surface area contributed by atoms with Crippen molar-refractivity contribution in [2.45, 2.75) is 38.6 Å². The Bertz CT molecular complexity index is 744. The van der Waals surface area contributed by atoms with E-state index in [2.05, 4.69) is 39.4 Å². The molecule has 0 aromatic heterocycles. The van der Waals surface area contributed by atoms with Gasteiger partial charge in [-0.1, -0.05) is 18.2 Å². The van der Waals surface area contributed by atoms with Gasteiger partial charge in [0.25, 0.3) is 5.91 Å². The van der Waals surface area contributed by atoms with Crippen molar-refractivity contribution in [3.8, 4) is 0 Å². The number of halogens is 2. The molecule has 1 amide bonds. The molecule has 1 aliphatic rings. The molecular formula is C19H19BrFNO. The Kier molecular flexibility index (Phi) is 4.81. The van der Waals surface area contributed by atoms with Crippen molar-refractivity contribution in [3.63, 3.8) is 0 Å². The van der Waals surface area contributed by atoms with Crippen LogP contribution >= 0.6 is 15.9 Å². The van der Waals surface area contributed by atoms with E-state index in [0.717, 1.165) is 18.4 Å². The maximum Gasteiger partial charge on any atom is 0.253 e. The highest BCUT2D eigenvalue weighted by atomic mass is 79.9. The van der Waals surface area contributed by atoms with E-state index >= 15 is 0 Å². The van der Waals surface area contributed by atoms with Gasteiger partial charge in [-0.05, 0) is 83.4 Å². The molecule has 0 radical (unpaired) electrons. The standard InChI is InChI=1S/C19H19BrFNO/c1-12(14-7-6-13-4-2-3-5-15(13)10-14)22-19(23)17-11-16(21)8-9-18(17)20/h6-12H,2-5H2,1H3,(H,22,23). The second kappa shape index (κ2) is 6.83. The average Bonchev–Trinajstić information content (AvgIpc) is 2.56. The van der Waals surface area contributed by atoms with Crippen LogP contribution in [0.15, 0.2) is 40.9 Å². The molecule has 1 aliphatic carbocycles. The lowest BCUT2D eigenvalue weighted by Crippen LogP contribution is -2.27. The van der Waals surface area contributed by atoms with Gasteiger partial charge in [0.05, 0.1) is 11.6 Å². The summed E-state index contributed by atoms with van der Waals surface area (Å²) in [5.74, 6) is -0.693. The zero-order valence-corrected chi connectivity index (χ0v) is 14.6. The van der Waals surface area contributed by atoms with Crippen LogP contribution in [0.4, 0.5) is 4.39 Å². The number of carbonyl (C=O) groups is 1. The fourth-order valence-electron chi connectivity index (χ4n) is 3.05. The zero-order valence-electron chi connectivity index (χ0n) is 13.0. The number of rotatable bonds is 3. The average molecular weight is 376 g/mol. The van der Waals surface area contributed by atoms with Crippen LogP contribution in [-0.2, 0) is 12.8 Å². The van der Waals surface area contributed by atoms with E-state index in [1.807, 2.05) is 6.92 Å². The van der Waals surface area contributed by atoms with Crippen molar-refractivity contribution < 1.29 is 9.18 Å². The molecule has 2 aromatic carbocycles. The van der Waals surface area contributed by atoms with Crippen LogP contribution in [0.3, 0.4) is 0 Å². The molecule has 2 aromatic rings. The molecule has 1 atom stereocenters. The number of benzene rings is 2. The third-order valence-electron chi connectivity index (χ3n) is 4.39. The lowest BCUT2D eigenvalue weighted by atomic mass is 9.89. The molecule has 0 saturated carbocycles. The van der Waals surface area contributed by atoms with Gasteiger partial charge in [-0.3, -0.25) is 4.79 Å². The molecule has 2 nitrogen and oxygen atoms in total. The molecule has 0 bridgehead atoms. The second-order valence-corrected chi connectivity index (χ2v) is 6.91. The maximum absolute atomic E-state index is 13.4. The van der Waals surface area contributed by atoms with Gasteiger partial charge in [-0.25, -0.2) is 4.39 Å². The fourth-order valence-corrected chi connectivity index (χ4v) is 3.48. The van der Waals surface area contributed by atoms with Crippen molar-refractivity contribution >= 4 is 21.8 Å². The summed E-state index contributed by atoms with van der Waals surface area (Å²) in [5, 5.41) is 2.95. The highest BCUT2D eigenvalue weighted by Crippen LogP contribution is 2.25. The first-order valence-electron chi connectivity index (χ1n) is 7.92. The molecular weight excluding hydrogens is 357 g/mol. The number of nitrogens with one attached hydrogen (secondary N) is 1. The van der Waals surface area contributed by atoms with E-state index in [0.29, 0.717) is 10.0 Å². The van der Waals surface area contributed by atoms with Crippen LogP contribution in [0.5, 0.6) is 0 Å². The molecule has 3 rings (SSSR count). The molecule has 23 heavy (non-hydrogen) atoms. The van der Waals surface area contributed by atoms with Gasteiger partial charge in [0, 0.05) is 4.47 Å². The summed E-state index contributed by atoms with van der Waals surface area (Å²) < 4.78 is 13.9. The van der Waals surface area contributed by atoms with Crippen molar-refractivity contribution in [1.82, 2.24) is 5.32 Å². The lowest BCUT2D eigenvalue weighted by Gasteiger charge is -2.20. The first-order chi connectivity index (χ1) is 11.0. The smallest absolute Gasteiger partial charge is 0.253 e. The summed E-state index contributed by atoms with van der Waals surface area (Å²) in [6.45, 7) is 1.95. The van der Waals surface area contributed by atoms with Crippen molar-refractivity contribution in [3.05, 3.63) is 68.9 Å². The van der Waals surface area contributed by atoms with Gasteiger partial charge in [0.2, 0.25) is 0 Å². The van der Waals surface area contributed by atoms with Crippen LogP contribution in [0.1, 0.15) is 52.9 Å².